The first-order valence-corrected chi connectivity index (χ1v) is 25.9. The van der Waals surface area contributed by atoms with E-state index in [9.17, 15) is 25.2 Å². The molecule has 4 heterocycles. The quantitative estimate of drug-likeness (QED) is 0.0233. The van der Waals surface area contributed by atoms with E-state index in [1.165, 1.54) is 11.1 Å². The number of esters is 2. The van der Waals surface area contributed by atoms with Gasteiger partial charge >= 0.3 is 17.6 Å². The molecule has 380 valence electrons. The van der Waals surface area contributed by atoms with E-state index in [2.05, 4.69) is 78.6 Å². The van der Waals surface area contributed by atoms with Crippen LogP contribution < -0.4 is 10.4 Å². The molecule has 0 amide bonds. The highest BCUT2D eigenvalue weighted by Gasteiger charge is 2.59. The van der Waals surface area contributed by atoms with E-state index in [-0.39, 0.29) is 97.2 Å². The molecular weight excluding hydrogens is 925 g/mol. The summed E-state index contributed by atoms with van der Waals surface area (Å²) in [6, 6.07) is 28.9. The molecule has 5 aliphatic rings. The van der Waals surface area contributed by atoms with Crippen LogP contribution in [0.4, 0.5) is 0 Å². The molecule has 4 aromatic carbocycles. The van der Waals surface area contributed by atoms with Crippen molar-refractivity contribution in [3.05, 3.63) is 169 Å². The van der Waals surface area contributed by atoms with Crippen LogP contribution in [-0.4, -0.2) is 70.7 Å². The Bertz CT molecular complexity index is 3040. The largest absolute Gasteiger partial charge is 0.481 e. The van der Waals surface area contributed by atoms with Gasteiger partial charge in [-0.2, -0.15) is 0 Å². The lowest BCUT2D eigenvalue weighted by molar-refractivity contribution is -0.201. The fourth-order valence-electron chi connectivity index (χ4n) is 12.6. The van der Waals surface area contributed by atoms with Gasteiger partial charge in [-0.1, -0.05) is 110 Å². The molecule has 0 radical (unpaired) electrons. The van der Waals surface area contributed by atoms with Crippen LogP contribution >= 0.6 is 0 Å². The lowest BCUT2D eigenvalue weighted by atomic mass is 9.71. The number of ether oxygens (including phenoxy) is 4. The number of aliphatic hydroxyl groups excluding tert-OH is 4. The van der Waals surface area contributed by atoms with Crippen molar-refractivity contribution >= 4 is 22.9 Å². The Morgan fingerprint density at radius 3 is 2.48 bits per heavy atom. The zero-order valence-corrected chi connectivity index (χ0v) is 41.4. The third-order valence-electron chi connectivity index (χ3n) is 16.2. The zero-order chi connectivity index (χ0) is 50.6. The Morgan fingerprint density at radius 2 is 1.70 bits per heavy atom. The van der Waals surface area contributed by atoms with Gasteiger partial charge in [-0.05, 0) is 114 Å². The first kappa shape index (κ1) is 50.2. The normalized spacial score (nSPS) is 25.0. The monoisotopic (exact) mass is 988 g/mol. The number of aryl methyl sites for hydroxylation is 1. The summed E-state index contributed by atoms with van der Waals surface area (Å²) in [6.07, 6.45) is 7.83. The predicted octanol–water partition coefficient (Wildman–Crippen LogP) is 8.86. The molecule has 5 aromatic rings. The lowest BCUT2D eigenvalue weighted by Gasteiger charge is -2.49. The average molecular weight is 989 g/mol. The van der Waals surface area contributed by atoms with E-state index in [0.29, 0.717) is 35.8 Å². The highest BCUT2D eigenvalue weighted by atomic mass is 16.6. The van der Waals surface area contributed by atoms with E-state index in [1.54, 1.807) is 19.1 Å². The molecule has 4 N–H and O–H groups in total. The number of carbonyl (C=O) groups is 2. The SMILES string of the molecule is C/C(CO)=C1\CCc2ccc3c(c2)CC#CC[C@@]2(C4CCCC4)Oc4ccc5c(CO)c([C@H](CCO)COCO)c(=O)oc5c4[C@@H](OC(=O)C[C@@H]4C[C@@H](c5cccc(Cc6ccccc6)c5)C=C[C@@H]34)[C@@H]2OC1=O. The topological polar surface area (TPSA) is 182 Å². The number of benzene rings is 4. The van der Waals surface area contributed by atoms with Crippen LogP contribution in [0.2, 0.25) is 0 Å². The molecule has 3 aliphatic heterocycles. The maximum atomic E-state index is 15.4. The van der Waals surface area contributed by atoms with Gasteiger partial charge in [0.1, 0.15) is 18.1 Å². The summed E-state index contributed by atoms with van der Waals surface area (Å²) in [4.78, 5) is 44.9. The number of allylic oxidation sites excluding steroid dienone is 2. The second-order valence-corrected chi connectivity index (χ2v) is 20.6. The zero-order valence-electron chi connectivity index (χ0n) is 41.4. The molecule has 12 heteroatoms. The smallest absolute Gasteiger partial charge is 0.340 e. The number of hydrogen-bond donors (Lipinski definition) is 4. The molecule has 12 nitrogen and oxygen atoms in total. The van der Waals surface area contributed by atoms with Gasteiger partial charge in [-0.3, -0.25) is 4.79 Å². The van der Waals surface area contributed by atoms with Crippen molar-refractivity contribution < 1.29 is 53.4 Å². The van der Waals surface area contributed by atoms with Crippen LogP contribution in [0.15, 0.2) is 117 Å². The van der Waals surface area contributed by atoms with Crippen molar-refractivity contribution in [2.24, 2.45) is 11.8 Å². The van der Waals surface area contributed by atoms with Crippen LogP contribution in [0, 0.1) is 23.7 Å². The van der Waals surface area contributed by atoms with Gasteiger partial charge in [0, 0.05) is 59.6 Å². The van der Waals surface area contributed by atoms with Crippen molar-refractivity contribution in [3.8, 4) is 17.6 Å². The summed E-state index contributed by atoms with van der Waals surface area (Å²) in [7, 11) is 0. The van der Waals surface area contributed by atoms with Crippen LogP contribution in [0.25, 0.3) is 11.0 Å². The van der Waals surface area contributed by atoms with Crippen LogP contribution in [0.5, 0.6) is 5.75 Å². The van der Waals surface area contributed by atoms with Crippen molar-refractivity contribution in [1.29, 1.82) is 0 Å². The van der Waals surface area contributed by atoms with Gasteiger partial charge < -0.3 is 43.8 Å². The molecule has 2 aliphatic carbocycles. The summed E-state index contributed by atoms with van der Waals surface area (Å²) < 4.78 is 32.7. The third-order valence-corrected chi connectivity index (χ3v) is 16.2. The van der Waals surface area contributed by atoms with Gasteiger partial charge in [-0.15, -0.1) is 0 Å². The Kier molecular flexibility index (Phi) is 15.1. The average Bonchev–Trinajstić information content (AvgIpc) is 3.96. The van der Waals surface area contributed by atoms with Gasteiger partial charge in [0.15, 0.2) is 17.8 Å². The Morgan fingerprint density at radius 1 is 0.877 bits per heavy atom. The van der Waals surface area contributed by atoms with Gasteiger partial charge in [0.2, 0.25) is 0 Å². The maximum absolute atomic E-state index is 15.4. The van der Waals surface area contributed by atoms with Crippen molar-refractivity contribution in [1.82, 2.24) is 0 Å². The molecule has 7 atom stereocenters. The number of carbonyl (C=O) groups excluding carboxylic acids is 2. The van der Waals surface area contributed by atoms with Crippen molar-refractivity contribution in [2.75, 3.05) is 26.6 Å². The molecule has 73 heavy (non-hydrogen) atoms. The third kappa shape index (κ3) is 10.1. The predicted molar refractivity (Wildman–Crippen MR) is 274 cm³/mol. The molecule has 1 aromatic heterocycles. The Balaban J connectivity index is 1.17. The minimum absolute atomic E-state index is 0.00487. The molecule has 1 saturated carbocycles. The fraction of sp³-hybridized carbons (Fsp3) is 0.426. The van der Waals surface area contributed by atoms with Crippen molar-refractivity contribution in [3.63, 3.8) is 0 Å². The van der Waals surface area contributed by atoms with E-state index in [0.717, 1.165) is 54.4 Å². The van der Waals surface area contributed by atoms with E-state index in [1.807, 2.05) is 18.2 Å². The minimum Gasteiger partial charge on any atom is -0.481 e. The Hall–Kier alpha value is -6.33. The molecule has 0 unspecified atom stereocenters. The second-order valence-electron chi connectivity index (χ2n) is 20.6. The van der Waals surface area contributed by atoms with E-state index < -0.39 is 54.7 Å². The molecule has 0 saturated heterocycles. The number of rotatable bonds is 12. The highest BCUT2D eigenvalue weighted by molar-refractivity contribution is 5.90. The summed E-state index contributed by atoms with van der Waals surface area (Å²) >= 11 is 0. The van der Waals surface area contributed by atoms with Gasteiger partial charge in [-0.25, -0.2) is 9.59 Å². The van der Waals surface area contributed by atoms with Crippen molar-refractivity contribution in [2.45, 2.75) is 126 Å². The maximum Gasteiger partial charge on any atom is 0.340 e. The highest BCUT2D eigenvalue weighted by Crippen LogP contribution is 2.54. The summed E-state index contributed by atoms with van der Waals surface area (Å²) in [5, 5.41) is 41.6. The first-order chi connectivity index (χ1) is 35.6. The van der Waals surface area contributed by atoms with E-state index in [4.69, 9.17) is 23.4 Å². The van der Waals surface area contributed by atoms with E-state index >= 15 is 9.59 Å². The summed E-state index contributed by atoms with van der Waals surface area (Å²) in [5.74, 6) is 4.69. The molecule has 0 spiro atoms. The van der Waals surface area contributed by atoms with Gasteiger partial charge in [0.05, 0.1) is 31.8 Å². The first-order valence-electron chi connectivity index (χ1n) is 25.9. The summed E-state index contributed by atoms with van der Waals surface area (Å²) in [6.45, 7) is -0.346. The molecule has 10 rings (SSSR count). The van der Waals surface area contributed by atoms with Gasteiger partial charge in [0.25, 0.3) is 0 Å². The Labute approximate surface area is 425 Å². The number of fused-ring (bicyclic) bond motifs is 9. The second kappa shape index (κ2) is 22.0. The molecular formula is C61H64O12. The standard InChI is InChI=1S/C61H64O12/c1-37(33-63)47-20-17-39-18-21-48-43(29-39)13-7-8-26-61(46-15-5-6-16-46)58(72-59(47)67)57(55-52(73-61)24-23-50-51(34-64)54(60(68)71-56(50)55)44(25-27-62)35-69-36-65)70-53(66)32-45-31-42(19-22-49(45)48)41-14-9-12-40(30-41)28-38-10-3-2-4-11-38/h2-4,9-12,14,18-19,21-24,29-30,42,44-46,49,57-58,62-65H,5-6,13,15-17,20,25-28,31-36H2,1H3/b47-37-/t42-,44+,45-,49+,57+,58-,61-/m0/s1. The molecule has 1 fully saturated rings. The number of aliphatic hydroxyl groups is 4. The number of hydrogen-bond acceptors (Lipinski definition) is 12. The minimum atomic E-state index is -1.39. The van der Waals surface area contributed by atoms with Crippen LogP contribution in [0.1, 0.15) is 139 Å². The molecule has 5 bridgehead atoms. The lowest BCUT2D eigenvalue weighted by Crippen LogP contribution is -2.60. The fourth-order valence-corrected chi connectivity index (χ4v) is 12.6. The van der Waals surface area contributed by atoms with Crippen LogP contribution in [0.3, 0.4) is 0 Å². The summed E-state index contributed by atoms with van der Waals surface area (Å²) in [5.41, 5.74) is 5.72. The van der Waals surface area contributed by atoms with Crippen LogP contribution in [-0.2, 0) is 49.7 Å².